The second kappa shape index (κ2) is 8.90. The Morgan fingerprint density at radius 2 is 2.03 bits per heavy atom. The highest BCUT2D eigenvalue weighted by Gasteiger charge is 2.22. The van der Waals surface area contributed by atoms with Gasteiger partial charge in [0.25, 0.3) is 5.91 Å². The first kappa shape index (κ1) is 21.1. The Morgan fingerprint density at radius 1 is 1.22 bits per heavy atom. The number of nitrogens with one attached hydrogen (secondary N) is 3. The quantitative estimate of drug-likeness (QED) is 0.320. The fourth-order valence-electron chi connectivity index (χ4n) is 3.31. The number of aliphatic hydroxyl groups excluding tert-OH is 1. The third-order valence-corrected chi connectivity index (χ3v) is 4.85. The molecule has 2 aromatic carbocycles. The van der Waals surface area contributed by atoms with E-state index in [1.807, 2.05) is 12.1 Å². The molecule has 1 atom stereocenters. The van der Waals surface area contributed by atoms with Crippen LogP contribution < -0.4 is 21.0 Å². The van der Waals surface area contributed by atoms with Crippen molar-refractivity contribution >= 4 is 39.8 Å². The van der Waals surface area contributed by atoms with E-state index in [4.69, 9.17) is 9.15 Å². The van der Waals surface area contributed by atoms with E-state index in [0.29, 0.717) is 22.2 Å². The maximum absolute atomic E-state index is 12.6. The fourth-order valence-corrected chi connectivity index (χ4v) is 3.31. The summed E-state index contributed by atoms with van der Waals surface area (Å²) in [6.07, 6.45) is -0.192. The topological polar surface area (TPSA) is 147 Å². The van der Waals surface area contributed by atoms with Gasteiger partial charge in [0, 0.05) is 17.5 Å². The lowest BCUT2D eigenvalue weighted by molar-refractivity contribution is -0.126. The molecule has 164 valence electrons. The average molecular weight is 436 g/mol. The zero-order valence-electron chi connectivity index (χ0n) is 17.0. The number of hydrogen-bond acceptors (Lipinski definition) is 7. The number of aromatic amines is 1. The maximum Gasteiger partial charge on any atom is 0.336 e. The van der Waals surface area contributed by atoms with Crippen LogP contribution in [-0.2, 0) is 16.0 Å². The SMILES string of the molecule is COc1ccc2c(CC(=O)N[C@@H](CO)C(=O)Nc3nc4ccccc4[nH]3)cc(=O)oc2c1. The minimum absolute atomic E-state index is 0.192. The van der Waals surface area contributed by atoms with Crippen LogP contribution in [0, 0.1) is 0 Å². The highest BCUT2D eigenvalue weighted by atomic mass is 16.5. The van der Waals surface area contributed by atoms with Crippen LogP contribution in [0.3, 0.4) is 0 Å². The van der Waals surface area contributed by atoms with Crippen LogP contribution in [-0.4, -0.2) is 46.6 Å². The number of nitrogens with zero attached hydrogens (tertiary/aromatic N) is 1. The van der Waals surface area contributed by atoms with Gasteiger partial charge in [-0.05, 0) is 29.8 Å². The van der Waals surface area contributed by atoms with Crippen molar-refractivity contribution in [1.82, 2.24) is 15.3 Å². The minimum atomic E-state index is -1.21. The largest absolute Gasteiger partial charge is 0.497 e. The number of para-hydroxylation sites is 2. The number of methoxy groups -OCH3 is 1. The van der Waals surface area contributed by atoms with E-state index in [9.17, 15) is 19.5 Å². The molecule has 2 heterocycles. The van der Waals surface area contributed by atoms with Crippen molar-refractivity contribution in [2.24, 2.45) is 0 Å². The lowest BCUT2D eigenvalue weighted by atomic mass is 10.1. The fraction of sp³-hybridized carbons (Fsp3) is 0.182. The number of rotatable bonds is 7. The molecule has 0 spiro atoms. The van der Waals surface area contributed by atoms with E-state index in [-0.39, 0.29) is 18.0 Å². The number of fused-ring (bicyclic) bond motifs is 2. The second-order valence-corrected chi connectivity index (χ2v) is 7.02. The molecular weight excluding hydrogens is 416 g/mol. The lowest BCUT2D eigenvalue weighted by Crippen LogP contribution is -2.46. The summed E-state index contributed by atoms with van der Waals surface area (Å²) in [5, 5.41) is 15.2. The number of benzene rings is 2. The van der Waals surface area contributed by atoms with Crippen LogP contribution in [0.4, 0.5) is 5.95 Å². The van der Waals surface area contributed by atoms with E-state index in [2.05, 4.69) is 20.6 Å². The van der Waals surface area contributed by atoms with Gasteiger partial charge in [-0.2, -0.15) is 0 Å². The normalized spacial score (nSPS) is 11.9. The molecule has 0 aliphatic rings. The van der Waals surface area contributed by atoms with Gasteiger partial charge in [-0.15, -0.1) is 0 Å². The molecule has 4 N–H and O–H groups in total. The summed E-state index contributed by atoms with van der Waals surface area (Å²) in [5.74, 6) is -0.483. The van der Waals surface area contributed by atoms with Gasteiger partial charge in [-0.1, -0.05) is 12.1 Å². The Labute approximate surface area is 181 Å². The number of carbonyl (C=O) groups is 2. The molecule has 0 unspecified atom stereocenters. The molecule has 2 aromatic heterocycles. The summed E-state index contributed by atoms with van der Waals surface area (Å²) in [4.78, 5) is 44.2. The van der Waals surface area contributed by atoms with E-state index in [1.54, 1.807) is 30.3 Å². The van der Waals surface area contributed by atoms with Gasteiger partial charge >= 0.3 is 5.63 Å². The van der Waals surface area contributed by atoms with Crippen LogP contribution in [0.25, 0.3) is 22.0 Å². The predicted octanol–water partition coefficient (Wildman–Crippen LogP) is 1.34. The molecule has 0 radical (unpaired) electrons. The number of aliphatic hydroxyl groups is 1. The number of anilines is 1. The van der Waals surface area contributed by atoms with Crippen LogP contribution in [0.15, 0.2) is 57.7 Å². The van der Waals surface area contributed by atoms with Gasteiger partial charge in [0.2, 0.25) is 11.9 Å². The maximum atomic E-state index is 12.6. The zero-order valence-corrected chi connectivity index (χ0v) is 17.0. The van der Waals surface area contributed by atoms with Gasteiger partial charge < -0.3 is 24.6 Å². The number of hydrogen-bond donors (Lipinski definition) is 4. The number of carbonyl (C=O) groups excluding carboxylic acids is 2. The first-order valence-corrected chi connectivity index (χ1v) is 9.73. The van der Waals surface area contributed by atoms with E-state index in [1.165, 1.54) is 13.2 Å². The molecule has 0 saturated carbocycles. The average Bonchev–Trinajstić information content (AvgIpc) is 3.19. The molecular formula is C22H20N4O6. The van der Waals surface area contributed by atoms with Crippen molar-refractivity contribution in [3.8, 4) is 5.75 Å². The Morgan fingerprint density at radius 3 is 2.78 bits per heavy atom. The van der Waals surface area contributed by atoms with Gasteiger partial charge in [-0.3, -0.25) is 14.9 Å². The lowest BCUT2D eigenvalue weighted by Gasteiger charge is -2.15. The third-order valence-electron chi connectivity index (χ3n) is 4.85. The molecule has 2 amide bonds. The monoisotopic (exact) mass is 436 g/mol. The standard InChI is InChI=1S/C22H20N4O6/c1-31-13-6-7-14-12(9-20(29)32-18(14)10-13)8-19(28)23-17(11-27)21(30)26-22-24-15-4-2-3-5-16(15)25-22/h2-7,9-10,17,27H,8,11H2,1H3,(H,23,28)(H2,24,25,26,30)/t17-/m0/s1. The Hall–Kier alpha value is -4.18. The van der Waals surface area contributed by atoms with Gasteiger partial charge in [0.1, 0.15) is 17.4 Å². The Bertz CT molecular complexity index is 1330. The van der Waals surface area contributed by atoms with Crippen molar-refractivity contribution in [2.75, 3.05) is 19.0 Å². The zero-order chi connectivity index (χ0) is 22.7. The number of ether oxygens (including phenoxy) is 1. The summed E-state index contributed by atoms with van der Waals surface area (Å²) in [6, 6.07) is 12.2. The molecule has 0 aliphatic carbocycles. The molecule has 0 fully saturated rings. The smallest absolute Gasteiger partial charge is 0.336 e. The first-order chi connectivity index (χ1) is 15.5. The Balaban J connectivity index is 1.47. The molecule has 4 rings (SSSR count). The van der Waals surface area contributed by atoms with E-state index >= 15 is 0 Å². The van der Waals surface area contributed by atoms with E-state index < -0.39 is 30.1 Å². The first-order valence-electron chi connectivity index (χ1n) is 9.73. The van der Waals surface area contributed by atoms with Crippen LogP contribution in [0.1, 0.15) is 5.56 Å². The molecule has 4 aromatic rings. The summed E-state index contributed by atoms with van der Waals surface area (Å²) in [7, 11) is 1.49. The number of imidazole rings is 1. The van der Waals surface area contributed by atoms with Crippen LogP contribution in [0.5, 0.6) is 5.75 Å². The highest BCUT2D eigenvalue weighted by molar-refractivity contribution is 5.98. The second-order valence-electron chi connectivity index (χ2n) is 7.02. The minimum Gasteiger partial charge on any atom is -0.497 e. The van der Waals surface area contributed by atoms with Gasteiger partial charge in [-0.25, -0.2) is 9.78 Å². The predicted molar refractivity (Wildman–Crippen MR) is 116 cm³/mol. The molecule has 10 heteroatoms. The van der Waals surface area contributed by atoms with Crippen molar-refractivity contribution in [2.45, 2.75) is 12.5 Å². The van der Waals surface area contributed by atoms with E-state index in [0.717, 1.165) is 5.52 Å². The summed E-state index contributed by atoms with van der Waals surface area (Å²) < 4.78 is 10.3. The van der Waals surface area contributed by atoms with Gasteiger partial charge in [0.15, 0.2) is 0 Å². The van der Waals surface area contributed by atoms with Crippen molar-refractivity contribution in [1.29, 1.82) is 0 Å². The van der Waals surface area contributed by atoms with Crippen molar-refractivity contribution < 1.29 is 23.8 Å². The number of amides is 2. The third kappa shape index (κ3) is 4.44. The van der Waals surface area contributed by atoms with Crippen molar-refractivity contribution in [3.63, 3.8) is 0 Å². The molecule has 0 bridgehead atoms. The van der Waals surface area contributed by atoms with Crippen LogP contribution >= 0.6 is 0 Å². The van der Waals surface area contributed by atoms with Crippen LogP contribution in [0.2, 0.25) is 0 Å². The molecule has 32 heavy (non-hydrogen) atoms. The number of H-pyrrole nitrogens is 1. The summed E-state index contributed by atoms with van der Waals surface area (Å²) >= 11 is 0. The van der Waals surface area contributed by atoms with Gasteiger partial charge in [0.05, 0.1) is 31.2 Å². The number of aromatic nitrogens is 2. The molecule has 0 saturated heterocycles. The molecule has 0 aliphatic heterocycles. The Kier molecular flexibility index (Phi) is 5.86. The highest BCUT2D eigenvalue weighted by Crippen LogP contribution is 2.23. The molecule has 10 nitrogen and oxygen atoms in total. The summed E-state index contributed by atoms with van der Waals surface area (Å²) in [6.45, 7) is -0.618. The summed E-state index contributed by atoms with van der Waals surface area (Å²) in [5.41, 5.74) is 1.49. The van der Waals surface area contributed by atoms with Crippen molar-refractivity contribution in [3.05, 3.63) is 64.5 Å².